The standard InChI is InChI=1S/C18H21BrN2/c1-21(2)12-14-5-3-4-6-17(14)20-18-10-7-13-11-15(19)8-9-16(13)18/h3-6,8-9,11,18,20H,7,10,12H2,1-2H3. The normalized spacial score (nSPS) is 17.0. The Morgan fingerprint density at radius 2 is 2.00 bits per heavy atom. The van der Waals surface area contributed by atoms with E-state index < -0.39 is 0 Å². The third kappa shape index (κ3) is 3.30. The number of nitrogens with one attached hydrogen (secondary N) is 1. The Morgan fingerprint density at radius 1 is 1.19 bits per heavy atom. The number of hydrogen-bond donors (Lipinski definition) is 1. The van der Waals surface area contributed by atoms with E-state index in [9.17, 15) is 0 Å². The molecule has 3 rings (SSSR count). The zero-order chi connectivity index (χ0) is 14.8. The zero-order valence-corrected chi connectivity index (χ0v) is 14.2. The summed E-state index contributed by atoms with van der Waals surface area (Å²) in [4.78, 5) is 2.21. The smallest absolute Gasteiger partial charge is 0.0519 e. The Morgan fingerprint density at radius 3 is 2.81 bits per heavy atom. The lowest BCUT2D eigenvalue weighted by Gasteiger charge is -2.20. The highest BCUT2D eigenvalue weighted by molar-refractivity contribution is 9.10. The molecule has 0 bridgehead atoms. The average molecular weight is 345 g/mol. The highest BCUT2D eigenvalue weighted by Crippen LogP contribution is 2.36. The van der Waals surface area contributed by atoms with Crippen LogP contribution in [-0.2, 0) is 13.0 Å². The number of rotatable bonds is 4. The fraction of sp³-hybridized carbons (Fsp3) is 0.333. The van der Waals surface area contributed by atoms with Crippen LogP contribution in [0.3, 0.4) is 0 Å². The number of para-hydroxylation sites is 1. The Bertz CT molecular complexity index is 637. The van der Waals surface area contributed by atoms with Crippen LogP contribution in [0.25, 0.3) is 0 Å². The van der Waals surface area contributed by atoms with Crippen LogP contribution >= 0.6 is 15.9 Å². The number of fused-ring (bicyclic) bond motifs is 1. The summed E-state index contributed by atoms with van der Waals surface area (Å²) in [6.45, 7) is 0.961. The van der Waals surface area contributed by atoms with E-state index in [-0.39, 0.29) is 0 Å². The molecule has 2 aromatic carbocycles. The van der Waals surface area contributed by atoms with E-state index in [2.05, 4.69) is 82.7 Å². The van der Waals surface area contributed by atoms with Crippen LogP contribution in [-0.4, -0.2) is 19.0 Å². The third-order valence-electron chi connectivity index (χ3n) is 4.02. The van der Waals surface area contributed by atoms with Crippen LogP contribution in [0.4, 0.5) is 5.69 Å². The van der Waals surface area contributed by atoms with Gasteiger partial charge in [0.15, 0.2) is 0 Å². The van der Waals surface area contributed by atoms with Crippen LogP contribution in [0, 0.1) is 0 Å². The van der Waals surface area contributed by atoms with Gasteiger partial charge < -0.3 is 10.2 Å². The number of hydrogen-bond acceptors (Lipinski definition) is 2. The van der Waals surface area contributed by atoms with Crippen molar-refractivity contribution < 1.29 is 0 Å². The Labute approximate surface area is 135 Å². The Hall–Kier alpha value is -1.32. The second kappa shape index (κ2) is 6.20. The maximum atomic E-state index is 3.75. The van der Waals surface area contributed by atoms with Crippen molar-refractivity contribution >= 4 is 21.6 Å². The second-order valence-electron chi connectivity index (χ2n) is 5.97. The second-order valence-corrected chi connectivity index (χ2v) is 6.89. The number of aryl methyl sites for hydroxylation is 1. The van der Waals surface area contributed by atoms with E-state index in [1.54, 1.807) is 0 Å². The van der Waals surface area contributed by atoms with Gasteiger partial charge in [0.1, 0.15) is 0 Å². The van der Waals surface area contributed by atoms with Gasteiger partial charge in [-0.15, -0.1) is 0 Å². The van der Waals surface area contributed by atoms with Crippen molar-refractivity contribution in [1.82, 2.24) is 4.90 Å². The van der Waals surface area contributed by atoms with E-state index in [4.69, 9.17) is 0 Å². The quantitative estimate of drug-likeness (QED) is 0.871. The average Bonchev–Trinajstić information content (AvgIpc) is 2.83. The van der Waals surface area contributed by atoms with Crippen molar-refractivity contribution in [2.24, 2.45) is 0 Å². The van der Waals surface area contributed by atoms with Gasteiger partial charge in [-0.3, -0.25) is 0 Å². The molecule has 0 radical (unpaired) electrons. The van der Waals surface area contributed by atoms with Crippen LogP contribution in [0.5, 0.6) is 0 Å². The summed E-state index contributed by atoms with van der Waals surface area (Å²) in [5.74, 6) is 0. The SMILES string of the molecule is CN(C)Cc1ccccc1NC1CCc2cc(Br)ccc21. The van der Waals surface area contributed by atoms with E-state index in [1.807, 2.05) is 0 Å². The van der Waals surface area contributed by atoms with Crippen LogP contribution < -0.4 is 5.32 Å². The maximum Gasteiger partial charge on any atom is 0.0519 e. The van der Waals surface area contributed by atoms with Gasteiger partial charge in [-0.25, -0.2) is 0 Å². The topological polar surface area (TPSA) is 15.3 Å². The molecule has 0 aromatic heterocycles. The minimum absolute atomic E-state index is 0.427. The van der Waals surface area contributed by atoms with Crippen molar-refractivity contribution in [2.75, 3.05) is 19.4 Å². The molecule has 1 unspecified atom stereocenters. The lowest BCUT2D eigenvalue weighted by molar-refractivity contribution is 0.403. The first kappa shape index (κ1) is 14.6. The molecule has 2 aromatic rings. The predicted octanol–water partition coefficient (Wildman–Crippen LogP) is 4.61. The van der Waals surface area contributed by atoms with Crippen LogP contribution in [0.1, 0.15) is 29.2 Å². The van der Waals surface area contributed by atoms with E-state index in [1.165, 1.54) is 33.3 Å². The summed E-state index contributed by atoms with van der Waals surface area (Å²) in [6, 6.07) is 15.7. The summed E-state index contributed by atoms with van der Waals surface area (Å²) < 4.78 is 1.18. The number of anilines is 1. The molecule has 0 fully saturated rings. The molecule has 0 saturated heterocycles. The van der Waals surface area contributed by atoms with Gasteiger partial charge in [-0.1, -0.05) is 40.2 Å². The van der Waals surface area contributed by atoms with E-state index in [0.717, 1.165) is 13.0 Å². The highest BCUT2D eigenvalue weighted by atomic mass is 79.9. The van der Waals surface area contributed by atoms with Crippen molar-refractivity contribution in [1.29, 1.82) is 0 Å². The molecule has 0 amide bonds. The number of halogens is 1. The summed E-state index contributed by atoms with van der Waals surface area (Å²) in [6.07, 6.45) is 2.32. The van der Waals surface area contributed by atoms with Crippen LogP contribution in [0.15, 0.2) is 46.9 Å². The van der Waals surface area contributed by atoms with Gasteiger partial charge in [-0.05, 0) is 61.8 Å². The Balaban J connectivity index is 1.83. The Kier molecular flexibility index (Phi) is 4.32. The molecule has 0 heterocycles. The van der Waals surface area contributed by atoms with Crippen molar-refractivity contribution in [3.63, 3.8) is 0 Å². The fourth-order valence-corrected chi connectivity index (χ4v) is 3.47. The van der Waals surface area contributed by atoms with Gasteiger partial charge in [0.05, 0.1) is 6.04 Å². The summed E-state index contributed by atoms with van der Waals surface area (Å²) >= 11 is 3.56. The number of benzene rings is 2. The van der Waals surface area contributed by atoms with E-state index in [0.29, 0.717) is 6.04 Å². The summed E-state index contributed by atoms with van der Waals surface area (Å²) in [5.41, 5.74) is 5.52. The van der Waals surface area contributed by atoms with Gasteiger partial charge in [0.25, 0.3) is 0 Å². The van der Waals surface area contributed by atoms with Gasteiger partial charge >= 0.3 is 0 Å². The minimum Gasteiger partial charge on any atom is -0.378 e. The molecule has 0 saturated carbocycles. The first-order valence-electron chi connectivity index (χ1n) is 7.41. The molecule has 0 aliphatic heterocycles. The van der Waals surface area contributed by atoms with E-state index >= 15 is 0 Å². The minimum atomic E-state index is 0.427. The van der Waals surface area contributed by atoms with Gasteiger partial charge in [0.2, 0.25) is 0 Å². The maximum absolute atomic E-state index is 3.75. The molecular formula is C18H21BrN2. The highest BCUT2D eigenvalue weighted by Gasteiger charge is 2.22. The molecule has 3 heteroatoms. The molecule has 1 aliphatic carbocycles. The van der Waals surface area contributed by atoms with Crippen molar-refractivity contribution in [3.05, 3.63) is 63.6 Å². The van der Waals surface area contributed by atoms with Gasteiger partial charge in [-0.2, -0.15) is 0 Å². The molecule has 1 atom stereocenters. The zero-order valence-electron chi connectivity index (χ0n) is 12.6. The van der Waals surface area contributed by atoms with Crippen LogP contribution in [0.2, 0.25) is 0 Å². The molecule has 21 heavy (non-hydrogen) atoms. The molecule has 2 nitrogen and oxygen atoms in total. The molecule has 0 spiro atoms. The largest absolute Gasteiger partial charge is 0.378 e. The lowest BCUT2D eigenvalue weighted by atomic mass is 10.1. The van der Waals surface area contributed by atoms with Gasteiger partial charge in [0, 0.05) is 16.7 Å². The predicted molar refractivity (Wildman–Crippen MR) is 92.7 cm³/mol. The van der Waals surface area contributed by atoms with Crippen molar-refractivity contribution in [2.45, 2.75) is 25.4 Å². The first-order valence-corrected chi connectivity index (χ1v) is 8.20. The first-order chi connectivity index (χ1) is 10.1. The third-order valence-corrected chi connectivity index (χ3v) is 4.51. The lowest BCUT2D eigenvalue weighted by Crippen LogP contribution is -2.14. The molecule has 110 valence electrons. The molecular weight excluding hydrogens is 324 g/mol. The summed E-state index contributed by atoms with van der Waals surface area (Å²) in [7, 11) is 4.22. The molecule has 1 aliphatic rings. The molecule has 1 N–H and O–H groups in total. The fourth-order valence-electron chi connectivity index (χ4n) is 3.06. The summed E-state index contributed by atoms with van der Waals surface area (Å²) in [5, 5.41) is 3.75. The monoisotopic (exact) mass is 344 g/mol. The number of nitrogens with zero attached hydrogens (tertiary/aromatic N) is 1. The van der Waals surface area contributed by atoms with Crippen molar-refractivity contribution in [3.8, 4) is 0 Å².